The summed E-state index contributed by atoms with van der Waals surface area (Å²) in [6, 6.07) is 25.8. The molecule has 4 nitrogen and oxygen atoms in total. The summed E-state index contributed by atoms with van der Waals surface area (Å²) >= 11 is 0. The summed E-state index contributed by atoms with van der Waals surface area (Å²) in [5.74, 6) is 0.181. The van der Waals surface area contributed by atoms with Crippen LogP contribution in [0.25, 0.3) is 11.3 Å². The van der Waals surface area contributed by atoms with Gasteiger partial charge < -0.3 is 0 Å². The first kappa shape index (κ1) is 17.5. The molecule has 3 aromatic carbocycles. The summed E-state index contributed by atoms with van der Waals surface area (Å²) in [4.78, 5) is 9.12. The van der Waals surface area contributed by atoms with Gasteiger partial charge in [-0.1, -0.05) is 72.8 Å². The van der Waals surface area contributed by atoms with Crippen LogP contribution in [0, 0.1) is 5.82 Å². The number of aliphatic imine (C=N–C) groups is 1. The molecule has 0 unspecified atom stereocenters. The van der Waals surface area contributed by atoms with E-state index in [2.05, 4.69) is 15.1 Å². The van der Waals surface area contributed by atoms with Crippen molar-refractivity contribution in [3.05, 3.63) is 108 Å². The quantitative estimate of drug-likeness (QED) is 0.440. The third-order valence-corrected chi connectivity index (χ3v) is 4.07. The van der Waals surface area contributed by atoms with Crippen LogP contribution in [-0.4, -0.2) is 22.1 Å². The Hall–Kier alpha value is -3.86. The fourth-order valence-electron chi connectivity index (χ4n) is 2.63. The highest BCUT2D eigenvalue weighted by atomic mass is 19.1. The van der Waals surface area contributed by atoms with Gasteiger partial charge in [-0.05, 0) is 23.3 Å². The average molecular weight is 368 g/mol. The largest absolute Gasteiger partial charge is 0.251 e. The molecular weight excluding hydrogens is 351 g/mol. The van der Waals surface area contributed by atoms with Gasteiger partial charge in [0.05, 0.1) is 18.1 Å². The van der Waals surface area contributed by atoms with Gasteiger partial charge in [-0.15, -0.1) is 0 Å². The minimum atomic E-state index is -0.278. The Morgan fingerprint density at radius 1 is 0.750 bits per heavy atom. The monoisotopic (exact) mass is 368 g/mol. The number of benzene rings is 3. The Labute approximate surface area is 162 Å². The first-order valence-electron chi connectivity index (χ1n) is 8.82. The van der Waals surface area contributed by atoms with E-state index in [1.165, 1.54) is 12.1 Å². The summed E-state index contributed by atoms with van der Waals surface area (Å²) in [7, 11) is 0. The number of imidazole rings is 1. The summed E-state index contributed by atoms with van der Waals surface area (Å²) in [6.07, 6.45) is 5.23. The van der Waals surface area contributed by atoms with Crippen LogP contribution in [0.2, 0.25) is 0 Å². The molecule has 136 valence electrons. The van der Waals surface area contributed by atoms with Gasteiger partial charge in [0.15, 0.2) is 0 Å². The third-order valence-electron chi connectivity index (χ3n) is 4.07. The lowest BCUT2D eigenvalue weighted by Crippen LogP contribution is -1.90. The Balaban J connectivity index is 1.69. The van der Waals surface area contributed by atoms with Crippen molar-refractivity contribution in [1.82, 2.24) is 9.66 Å². The van der Waals surface area contributed by atoms with Crippen LogP contribution in [0.1, 0.15) is 11.1 Å². The topological polar surface area (TPSA) is 42.5 Å². The number of rotatable bonds is 5. The average Bonchev–Trinajstić information content (AvgIpc) is 3.16. The van der Waals surface area contributed by atoms with E-state index in [9.17, 15) is 4.39 Å². The molecule has 1 aromatic heterocycles. The van der Waals surface area contributed by atoms with E-state index in [-0.39, 0.29) is 5.82 Å². The van der Waals surface area contributed by atoms with E-state index >= 15 is 0 Å². The molecule has 0 amide bonds. The van der Waals surface area contributed by atoms with E-state index in [1.54, 1.807) is 29.2 Å². The van der Waals surface area contributed by atoms with E-state index in [0.29, 0.717) is 5.95 Å². The van der Waals surface area contributed by atoms with Crippen molar-refractivity contribution in [2.75, 3.05) is 0 Å². The number of aromatic nitrogens is 2. The molecule has 0 saturated heterocycles. The zero-order valence-corrected chi connectivity index (χ0v) is 15.0. The van der Waals surface area contributed by atoms with Gasteiger partial charge in [-0.3, -0.25) is 0 Å². The standard InChI is InChI=1S/C23H17FN4/c24-21-13-11-19(12-14-21)16-26-28-17-22(20-9-5-2-6-10-20)27-23(28)25-15-18-7-3-1-4-8-18/h1-17H/b25-15+,26-16+. The van der Waals surface area contributed by atoms with E-state index in [1.807, 2.05) is 66.9 Å². The zero-order chi connectivity index (χ0) is 19.2. The normalized spacial score (nSPS) is 11.5. The van der Waals surface area contributed by atoms with Crippen molar-refractivity contribution in [3.63, 3.8) is 0 Å². The van der Waals surface area contributed by atoms with E-state index in [0.717, 1.165) is 22.4 Å². The third kappa shape index (κ3) is 4.27. The molecule has 28 heavy (non-hydrogen) atoms. The molecule has 0 saturated carbocycles. The van der Waals surface area contributed by atoms with E-state index < -0.39 is 0 Å². The predicted molar refractivity (Wildman–Crippen MR) is 111 cm³/mol. The van der Waals surface area contributed by atoms with Gasteiger partial charge >= 0.3 is 0 Å². The van der Waals surface area contributed by atoms with Crippen molar-refractivity contribution in [2.45, 2.75) is 0 Å². The molecule has 1 heterocycles. The van der Waals surface area contributed by atoms with Gasteiger partial charge in [0, 0.05) is 11.8 Å². The molecule has 5 heteroatoms. The Bertz CT molecular complexity index is 1100. The lowest BCUT2D eigenvalue weighted by atomic mass is 10.2. The summed E-state index contributed by atoms with van der Waals surface area (Å²) < 4.78 is 14.7. The zero-order valence-electron chi connectivity index (χ0n) is 15.0. The summed E-state index contributed by atoms with van der Waals surface area (Å²) in [5, 5.41) is 4.46. The molecule has 4 aromatic rings. The van der Waals surface area contributed by atoms with Gasteiger partial charge in [0.2, 0.25) is 0 Å². The molecule has 0 aliphatic carbocycles. The molecule has 0 aliphatic heterocycles. The summed E-state index contributed by atoms with van der Waals surface area (Å²) in [6.45, 7) is 0. The predicted octanol–water partition coefficient (Wildman–Crippen LogP) is 5.32. The molecule has 0 atom stereocenters. The van der Waals surface area contributed by atoms with Crippen molar-refractivity contribution >= 4 is 18.4 Å². The van der Waals surface area contributed by atoms with Gasteiger partial charge in [0.1, 0.15) is 5.82 Å². The van der Waals surface area contributed by atoms with Crippen LogP contribution < -0.4 is 0 Å². The van der Waals surface area contributed by atoms with Crippen molar-refractivity contribution in [1.29, 1.82) is 0 Å². The molecule has 0 bridgehead atoms. The highest BCUT2D eigenvalue weighted by Crippen LogP contribution is 2.22. The molecule has 0 N–H and O–H groups in total. The maximum Gasteiger partial charge on any atom is 0.251 e. The highest BCUT2D eigenvalue weighted by molar-refractivity contribution is 5.82. The Morgan fingerprint density at radius 3 is 2.11 bits per heavy atom. The lowest BCUT2D eigenvalue weighted by Gasteiger charge is -1.97. The molecular formula is C23H17FN4. The number of halogens is 1. The number of hydrogen-bond acceptors (Lipinski definition) is 3. The highest BCUT2D eigenvalue weighted by Gasteiger charge is 2.08. The second kappa shape index (κ2) is 8.22. The smallest absolute Gasteiger partial charge is 0.219 e. The maximum atomic E-state index is 13.1. The number of nitrogens with zero attached hydrogens (tertiary/aromatic N) is 4. The van der Waals surface area contributed by atoms with Gasteiger partial charge in [0.25, 0.3) is 5.95 Å². The summed E-state index contributed by atoms with van der Waals surface area (Å²) in [5.41, 5.74) is 3.52. The second-order valence-electron chi connectivity index (χ2n) is 6.10. The van der Waals surface area contributed by atoms with E-state index in [4.69, 9.17) is 0 Å². The maximum absolute atomic E-state index is 13.1. The first-order valence-corrected chi connectivity index (χ1v) is 8.82. The van der Waals surface area contributed by atoms with Crippen LogP contribution in [0.3, 0.4) is 0 Å². The Morgan fingerprint density at radius 2 is 1.39 bits per heavy atom. The number of hydrogen-bond donors (Lipinski definition) is 0. The fraction of sp³-hybridized carbons (Fsp3) is 0. The van der Waals surface area contributed by atoms with Crippen LogP contribution in [0.15, 0.2) is 101 Å². The molecule has 0 fully saturated rings. The lowest BCUT2D eigenvalue weighted by molar-refractivity contribution is 0.628. The Kier molecular flexibility index (Phi) is 5.15. The minimum Gasteiger partial charge on any atom is -0.219 e. The van der Waals surface area contributed by atoms with Crippen LogP contribution in [-0.2, 0) is 0 Å². The second-order valence-corrected chi connectivity index (χ2v) is 6.10. The SMILES string of the molecule is Fc1ccc(/C=N/n2cc(-c3ccccc3)nc2/N=C/c2ccccc2)cc1. The minimum absolute atomic E-state index is 0.278. The fourth-order valence-corrected chi connectivity index (χ4v) is 2.63. The molecule has 0 radical (unpaired) electrons. The van der Waals surface area contributed by atoms with Crippen molar-refractivity contribution < 1.29 is 4.39 Å². The van der Waals surface area contributed by atoms with Crippen LogP contribution >= 0.6 is 0 Å². The van der Waals surface area contributed by atoms with Gasteiger partial charge in [-0.25, -0.2) is 19.0 Å². The van der Waals surface area contributed by atoms with Crippen molar-refractivity contribution in [2.24, 2.45) is 10.1 Å². The molecule has 0 aliphatic rings. The van der Waals surface area contributed by atoms with Crippen LogP contribution in [0.5, 0.6) is 0 Å². The molecule has 4 rings (SSSR count). The first-order chi connectivity index (χ1) is 13.8. The van der Waals surface area contributed by atoms with Crippen molar-refractivity contribution in [3.8, 4) is 11.3 Å². The molecule has 0 spiro atoms. The van der Waals surface area contributed by atoms with Gasteiger partial charge in [-0.2, -0.15) is 5.10 Å². The van der Waals surface area contributed by atoms with Crippen LogP contribution in [0.4, 0.5) is 10.3 Å².